The minimum Gasteiger partial charge on any atom is -0.490 e. The topological polar surface area (TPSA) is 115 Å². The smallest absolute Gasteiger partial charge is 0.340 e. The number of nitrogens with one attached hydrogen (secondary N) is 3. The molecule has 0 atom stereocenters. The number of amides is 3. The number of carbonyl (C=O) groups is 3. The number of imide groups is 1. The average Bonchev–Trinajstić information content (AvgIpc) is 2.74. The van der Waals surface area contributed by atoms with E-state index in [1.807, 2.05) is 13.8 Å². The molecule has 0 aliphatic heterocycles. The molecule has 30 heavy (non-hydrogen) atoms. The number of urea groups is 1. The number of carbonyl (C=O) groups excluding carboxylic acids is 3. The summed E-state index contributed by atoms with van der Waals surface area (Å²) in [5.41, 5.74) is 1.27. The fourth-order valence-electron chi connectivity index (χ4n) is 2.54. The Morgan fingerprint density at radius 2 is 1.63 bits per heavy atom. The summed E-state index contributed by atoms with van der Waals surface area (Å²) in [6, 6.07) is 10.8. The van der Waals surface area contributed by atoms with Gasteiger partial charge in [0, 0.05) is 24.5 Å². The van der Waals surface area contributed by atoms with Crippen molar-refractivity contribution in [3.05, 3.63) is 48.0 Å². The maximum absolute atomic E-state index is 12.1. The lowest BCUT2D eigenvalue weighted by Gasteiger charge is -2.13. The normalized spacial score (nSPS) is 9.97. The molecular weight excluding hydrogens is 390 g/mol. The zero-order valence-corrected chi connectivity index (χ0v) is 17.1. The van der Waals surface area contributed by atoms with E-state index >= 15 is 0 Å². The van der Waals surface area contributed by atoms with Gasteiger partial charge in [0.1, 0.15) is 0 Å². The fraction of sp³-hybridized carbons (Fsp3) is 0.286. The van der Waals surface area contributed by atoms with Crippen LogP contribution < -0.4 is 25.4 Å². The highest BCUT2D eigenvalue weighted by atomic mass is 16.5. The predicted octanol–water partition coefficient (Wildman–Crippen LogP) is 3.03. The molecule has 0 aliphatic rings. The molecule has 160 valence electrons. The van der Waals surface area contributed by atoms with E-state index in [0.29, 0.717) is 36.1 Å². The van der Waals surface area contributed by atoms with Gasteiger partial charge in [-0.2, -0.15) is 0 Å². The molecule has 0 saturated heterocycles. The van der Waals surface area contributed by atoms with Crippen LogP contribution in [0.2, 0.25) is 0 Å². The SMILES string of the molecule is CCOc1ccc(NC(=O)NC(=O)COC(=O)c2ccccc2NC)cc1OCC. The van der Waals surface area contributed by atoms with Crippen molar-refractivity contribution < 1.29 is 28.6 Å². The van der Waals surface area contributed by atoms with Crippen molar-refractivity contribution in [2.75, 3.05) is 37.5 Å². The zero-order valence-electron chi connectivity index (χ0n) is 17.1. The van der Waals surface area contributed by atoms with Crippen LogP contribution in [0.1, 0.15) is 24.2 Å². The second-order valence-corrected chi connectivity index (χ2v) is 5.90. The van der Waals surface area contributed by atoms with E-state index < -0.39 is 24.5 Å². The summed E-state index contributed by atoms with van der Waals surface area (Å²) >= 11 is 0. The minimum absolute atomic E-state index is 0.287. The summed E-state index contributed by atoms with van der Waals surface area (Å²) in [6.07, 6.45) is 0. The van der Waals surface area contributed by atoms with Crippen molar-refractivity contribution in [2.24, 2.45) is 0 Å². The molecule has 0 bridgehead atoms. The molecule has 0 fully saturated rings. The third kappa shape index (κ3) is 6.40. The summed E-state index contributed by atoms with van der Waals surface area (Å²) in [4.78, 5) is 36.1. The van der Waals surface area contributed by atoms with Gasteiger partial charge >= 0.3 is 12.0 Å². The largest absolute Gasteiger partial charge is 0.490 e. The average molecular weight is 415 g/mol. The molecule has 0 unspecified atom stereocenters. The summed E-state index contributed by atoms with van der Waals surface area (Å²) in [6.45, 7) is 3.98. The Kier molecular flexibility index (Phi) is 8.49. The highest BCUT2D eigenvalue weighted by molar-refractivity contribution is 6.03. The molecule has 0 saturated carbocycles. The van der Waals surface area contributed by atoms with Gasteiger partial charge in [0.2, 0.25) is 0 Å². The van der Waals surface area contributed by atoms with Crippen LogP contribution in [-0.4, -0.2) is 44.8 Å². The minimum atomic E-state index is -0.765. The third-order valence-corrected chi connectivity index (χ3v) is 3.80. The number of ether oxygens (including phenoxy) is 3. The number of hydrogen-bond donors (Lipinski definition) is 3. The second-order valence-electron chi connectivity index (χ2n) is 5.90. The number of para-hydroxylation sites is 1. The van der Waals surface area contributed by atoms with E-state index in [1.165, 1.54) is 0 Å². The highest BCUT2D eigenvalue weighted by Gasteiger charge is 2.15. The molecule has 3 amide bonds. The standard InChI is InChI=1S/C21H25N3O6/c1-4-28-17-11-10-14(12-18(17)29-5-2)23-21(27)24-19(25)13-30-20(26)15-8-6-7-9-16(15)22-3/h6-12,22H,4-5,13H2,1-3H3,(H2,23,24,25,27). The Balaban J connectivity index is 1.89. The Labute approximate surface area is 174 Å². The molecule has 2 aromatic rings. The lowest BCUT2D eigenvalue weighted by Crippen LogP contribution is -2.37. The van der Waals surface area contributed by atoms with Crippen LogP contribution in [-0.2, 0) is 9.53 Å². The molecule has 2 aromatic carbocycles. The van der Waals surface area contributed by atoms with Crippen molar-refractivity contribution in [1.82, 2.24) is 5.32 Å². The molecule has 0 heterocycles. The van der Waals surface area contributed by atoms with Crippen molar-refractivity contribution in [1.29, 1.82) is 0 Å². The second kappa shape index (κ2) is 11.3. The molecule has 0 radical (unpaired) electrons. The molecular formula is C21H25N3O6. The number of anilines is 2. The first kappa shape index (κ1) is 22.5. The Morgan fingerprint density at radius 1 is 0.933 bits per heavy atom. The lowest BCUT2D eigenvalue weighted by atomic mass is 10.2. The summed E-state index contributed by atoms with van der Waals surface area (Å²) < 4.78 is 15.9. The van der Waals surface area contributed by atoms with Gasteiger partial charge in [0.15, 0.2) is 18.1 Å². The van der Waals surface area contributed by atoms with Gasteiger partial charge in [-0.05, 0) is 38.1 Å². The number of rotatable bonds is 9. The van der Waals surface area contributed by atoms with Crippen LogP contribution in [0.5, 0.6) is 11.5 Å². The number of esters is 1. The Morgan fingerprint density at radius 3 is 2.33 bits per heavy atom. The summed E-state index contributed by atoms with van der Waals surface area (Å²) in [5, 5.41) is 7.49. The van der Waals surface area contributed by atoms with Gasteiger partial charge in [0.05, 0.1) is 18.8 Å². The quantitative estimate of drug-likeness (QED) is 0.539. The molecule has 3 N–H and O–H groups in total. The predicted molar refractivity (Wildman–Crippen MR) is 112 cm³/mol. The third-order valence-electron chi connectivity index (χ3n) is 3.80. The Bertz CT molecular complexity index is 900. The number of benzene rings is 2. The van der Waals surface area contributed by atoms with Crippen LogP contribution in [0, 0.1) is 0 Å². The van der Waals surface area contributed by atoms with Crippen LogP contribution in [0.4, 0.5) is 16.2 Å². The zero-order chi connectivity index (χ0) is 21.9. The lowest BCUT2D eigenvalue weighted by molar-refractivity contribution is -0.123. The van der Waals surface area contributed by atoms with E-state index in [0.717, 1.165) is 0 Å². The van der Waals surface area contributed by atoms with Gasteiger partial charge in [-0.1, -0.05) is 12.1 Å². The van der Waals surface area contributed by atoms with Gasteiger partial charge < -0.3 is 24.8 Å². The van der Waals surface area contributed by atoms with Crippen LogP contribution in [0.15, 0.2) is 42.5 Å². The van der Waals surface area contributed by atoms with E-state index in [9.17, 15) is 14.4 Å². The van der Waals surface area contributed by atoms with Gasteiger partial charge in [-0.3, -0.25) is 10.1 Å². The monoisotopic (exact) mass is 415 g/mol. The maximum atomic E-state index is 12.1. The maximum Gasteiger partial charge on any atom is 0.340 e. The van der Waals surface area contributed by atoms with Crippen molar-refractivity contribution in [3.63, 3.8) is 0 Å². The van der Waals surface area contributed by atoms with Crippen molar-refractivity contribution in [2.45, 2.75) is 13.8 Å². The molecule has 0 spiro atoms. The van der Waals surface area contributed by atoms with Crippen LogP contribution >= 0.6 is 0 Å². The van der Waals surface area contributed by atoms with E-state index in [1.54, 1.807) is 49.5 Å². The first-order chi connectivity index (χ1) is 14.5. The van der Waals surface area contributed by atoms with Crippen LogP contribution in [0.25, 0.3) is 0 Å². The van der Waals surface area contributed by atoms with Crippen molar-refractivity contribution in [3.8, 4) is 11.5 Å². The molecule has 0 aliphatic carbocycles. The fourth-order valence-corrected chi connectivity index (χ4v) is 2.54. The van der Waals surface area contributed by atoms with Crippen molar-refractivity contribution >= 4 is 29.3 Å². The van der Waals surface area contributed by atoms with Gasteiger partial charge in [-0.15, -0.1) is 0 Å². The first-order valence-corrected chi connectivity index (χ1v) is 9.42. The van der Waals surface area contributed by atoms with E-state index in [2.05, 4.69) is 16.0 Å². The molecule has 9 heteroatoms. The van der Waals surface area contributed by atoms with Gasteiger partial charge in [-0.25, -0.2) is 9.59 Å². The first-order valence-electron chi connectivity index (χ1n) is 9.42. The van der Waals surface area contributed by atoms with Crippen LogP contribution in [0.3, 0.4) is 0 Å². The van der Waals surface area contributed by atoms with Gasteiger partial charge in [0.25, 0.3) is 5.91 Å². The molecule has 2 rings (SSSR count). The van der Waals surface area contributed by atoms with E-state index in [-0.39, 0.29) is 5.56 Å². The highest BCUT2D eigenvalue weighted by Crippen LogP contribution is 2.30. The molecule has 9 nitrogen and oxygen atoms in total. The summed E-state index contributed by atoms with van der Waals surface area (Å²) in [5.74, 6) is -0.419. The summed E-state index contributed by atoms with van der Waals surface area (Å²) in [7, 11) is 1.67. The molecule has 0 aromatic heterocycles. The number of hydrogen-bond acceptors (Lipinski definition) is 7. The van der Waals surface area contributed by atoms with E-state index in [4.69, 9.17) is 14.2 Å². The Hall–Kier alpha value is -3.75.